The highest BCUT2D eigenvalue weighted by atomic mass is 19.1. The smallest absolute Gasteiger partial charge is 0.232 e. The normalized spacial score (nSPS) is 13.7. The summed E-state index contributed by atoms with van der Waals surface area (Å²) in [5.41, 5.74) is 2.30. The largest absolute Gasteiger partial charge is 0.497 e. The van der Waals surface area contributed by atoms with Gasteiger partial charge in [0.2, 0.25) is 5.78 Å². The van der Waals surface area contributed by atoms with Gasteiger partial charge in [0.05, 0.1) is 19.8 Å². The van der Waals surface area contributed by atoms with Crippen molar-refractivity contribution in [1.82, 2.24) is 0 Å². The number of ether oxygens (including phenoxy) is 4. The van der Waals surface area contributed by atoms with E-state index in [9.17, 15) is 9.18 Å². The number of aryl methyl sites for hydroxylation is 1. The van der Waals surface area contributed by atoms with Crippen LogP contribution in [-0.2, 0) is 6.61 Å². The van der Waals surface area contributed by atoms with Crippen molar-refractivity contribution in [2.45, 2.75) is 13.5 Å². The predicted molar refractivity (Wildman–Crippen MR) is 114 cm³/mol. The van der Waals surface area contributed by atoms with Crippen LogP contribution in [0.5, 0.6) is 23.0 Å². The van der Waals surface area contributed by atoms with Crippen molar-refractivity contribution < 1.29 is 28.1 Å². The van der Waals surface area contributed by atoms with Crippen LogP contribution < -0.4 is 18.9 Å². The van der Waals surface area contributed by atoms with Gasteiger partial charge in [0, 0.05) is 17.2 Å². The first kappa shape index (κ1) is 20.5. The van der Waals surface area contributed by atoms with Gasteiger partial charge >= 0.3 is 0 Å². The van der Waals surface area contributed by atoms with Crippen LogP contribution in [0.3, 0.4) is 0 Å². The summed E-state index contributed by atoms with van der Waals surface area (Å²) in [5.74, 6) is 1.74. The first-order chi connectivity index (χ1) is 15.0. The molecule has 0 radical (unpaired) electrons. The third kappa shape index (κ3) is 4.10. The fourth-order valence-electron chi connectivity index (χ4n) is 3.43. The molecule has 6 heteroatoms. The average molecular weight is 420 g/mol. The molecule has 0 atom stereocenters. The Morgan fingerprint density at radius 2 is 1.81 bits per heavy atom. The number of halogens is 1. The summed E-state index contributed by atoms with van der Waals surface area (Å²) in [5, 5.41) is 0. The van der Waals surface area contributed by atoms with E-state index in [1.807, 2.05) is 6.92 Å². The van der Waals surface area contributed by atoms with Crippen molar-refractivity contribution in [2.75, 3.05) is 14.2 Å². The molecule has 0 bridgehead atoms. The van der Waals surface area contributed by atoms with Gasteiger partial charge in [-0.25, -0.2) is 4.39 Å². The second kappa shape index (κ2) is 8.52. The van der Waals surface area contributed by atoms with E-state index >= 15 is 0 Å². The lowest BCUT2D eigenvalue weighted by Gasteiger charge is -2.10. The summed E-state index contributed by atoms with van der Waals surface area (Å²) in [6.07, 6.45) is 1.63. The fraction of sp³-hybridized carbons (Fsp3) is 0.160. The summed E-state index contributed by atoms with van der Waals surface area (Å²) in [6, 6.07) is 15.1. The second-order valence-corrected chi connectivity index (χ2v) is 7.04. The standard InChI is InChI=1S/C25H21FO5/c1-15-10-19(30-14-16-6-4-5-7-20(16)26)13-22-24(15)25(27)23(31-22)12-17-11-18(28-2)8-9-21(17)29-3/h4-13H,14H2,1-3H3/b23-12-. The molecule has 0 N–H and O–H groups in total. The van der Waals surface area contributed by atoms with E-state index < -0.39 is 0 Å². The molecule has 0 fully saturated rings. The third-order valence-electron chi connectivity index (χ3n) is 5.02. The van der Waals surface area contributed by atoms with Gasteiger partial charge in [0.15, 0.2) is 5.76 Å². The van der Waals surface area contributed by atoms with Crippen molar-refractivity contribution in [3.8, 4) is 23.0 Å². The Balaban J connectivity index is 1.61. The van der Waals surface area contributed by atoms with Gasteiger partial charge in [-0.15, -0.1) is 0 Å². The highest BCUT2D eigenvalue weighted by molar-refractivity contribution is 6.15. The number of hydrogen-bond donors (Lipinski definition) is 0. The summed E-state index contributed by atoms with van der Waals surface area (Å²) in [7, 11) is 3.12. The van der Waals surface area contributed by atoms with E-state index in [2.05, 4.69) is 0 Å². The Hall–Kier alpha value is -3.80. The summed E-state index contributed by atoms with van der Waals surface area (Å²) >= 11 is 0. The van der Waals surface area contributed by atoms with Crippen molar-refractivity contribution in [3.63, 3.8) is 0 Å². The lowest BCUT2D eigenvalue weighted by atomic mass is 10.0. The zero-order chi connectivity index (χ0) is 22.0. The molecule has 3 aromatic carbocycles. The molecule has 0 saturated carbocycles. The molecule has 1 aliphatic heterocycles. The maximum absolute atomic E-state index is 13.8. The Morgan fingerprint density at radius 3 is 2.55 bits per heavy atom. The van der Waals surface area contributed by atoms with Gasteiger partial charge in [0.25, 0.3) is 0 Å². The van der Waals surface area contributed by atoms with Crippen LogP contribution in [0.2, 0.25) is 0 Å². The second-order valence-electron chi connectivity index (χ2n) is 7.04. The number of ketones is 1. The molecule has 158 valence electrons. The van der Waals surface area contributed by atoms with Crippen LogP contribution in [0.25, 0.3) is 6.08 Å². The zero-order valence-corrected chi connectivity index (χ0v) is 17.4. The van der Waals surface area contributed by atoms with Gasteiger partial charge < -0.3 is 18.9 Å². The van der Waals surface area contributed by atoms with Crippen molar-refractivity contribution >= 4 is 11.9 Å². The minimum absolute atomic E-state index is 0.0720. The molecular weight excluding hydrogens is 399 g/mol. The molecule has 0 saturated heterocycles. The van der Waals surface area contributed by atoms with Crippen LogP contribution >= 0.6 is 0 Å². The lowest BCUT2D eigenvalue weighted by molar-refractivity contribution is 0.101. The number of rotatable bonds is 6. The first-order valence-electron chi connectivity index (χ1n) is 9.67. The number of hydrogen-bond acceptors (Lipinski definition) is 5. The monoisotopic (exact) mass is 420 g/mol. The van der Waals surface area contributed by atoms with Crippen LogP contribution in [0.15, 0.2) is 60.4 Å². The number of carbonyl (C=O) groups excluding carboxylic acids is 1. The van der Waals surface area contributed by atoms with E-state index in [1.165, 1.54) is 6.07 Å². The Morgan fingerprint density at radius 1 is 1.00 bits per heavy atom. The van der Waals surface area contributed by atoms with Crippen LogP contribution in [-0.4, -0.2) is 20.0 Å². The maximum Gasteiger partial charge on any atom is 0.232 e. The molecule has 5 nitrogen and oxygen atoms in total. The quantitative estimate of drug-likeness (QED) is 0.504. The molecule has 31 heavy (non-hydrogen) atoms. The van der Waals surface area contributed by atoms with Crippen LogP contribution in [0.4, 0.5) is 4.39 Å². The van der Waals surface area contributed by atoms with Crippen LogP contribution in [0.1, 0.15) is 27.0 Å². The molecule has 0 unspecified atom stereocenters. The third-order valence-corrected chi connectivity index (χ3v) is 5.02. The number of fused-ring (bicyclic) bond motifs is 1. The van der Waals surface area contributed by atoms with Crippen molar-refractivity contribution in [1.29, 1.82) is 0 Å². The summed E-state index contributed by atoms with van der Waals surface area (Å²) in [4.78, 5) is 13.0. The van der Waals surface area contributed by atoms with Crippen molar-refractivity contribution in [3.05, 3.63) is 88.4 Å². The zero-order valence-electron chi connectivity index (χ0n) is 17.4. The minimum Gasteiger partial charge on any atom is -0.497 e. The molecule has 0 aliphatic carbocycles. The minimum atomic E-state index is -0.329. The SMILES string of the molecule is COc1ccc(OC)c(/C=C2\Oc3cc(OCc4ccccc4F)cc(C)c3C2=O)c1. The molecule has 3 aromatic rings. The number of allylic oxidation sites excluding steroid dienone is 1. The molecule has 1 heterocycles. The Bertz CT molecular complexity index is 1180. The van der Waals surface area contributed by atoms with E-state index in [0.29, 0.717) is 45.3 Å². The Labute approximate surface area is 179 Å². The molecule has 4 rings (SSSR count). The number of benzene rings is 3. The molecular formula is C25H21FO5. The van der Waals surface area contributed by atoms with E-state index in [-0.39, 0.29) is 24.0 Å². The van der Waals surface area contributed by atoms with Crippen molar-refractivity contribution in [2.24, 2.45) is 0 Å². The van der Waals surface area contributed by atoms with Gasteiger partial charge in [-0.1, -0.05) is 18.2 Å². The van der Waals surface area contributed by atoms with Crippen LogP contribution in [0, 0.1) is 12.7 Å². The number of methoxy groups -OCH3 is 2. The molecule has 0 amide bonds. The predicted octanol–water partition coefficient (Wildman–Crippen LogP) is 5.35. The van der Waals surface area contributed by atoms with Gasteiger partial charge in [-0.05, 0) is 48.9 Å². The van der Waals surface area contributed by atoms with E-state index in [0.717, 1.165) is 0 Å². The highest BCUT2D eigenvalue weighted by Crippen LogP contribution is 2.38. The fourth-order valence-corrected chi connectivity index (χ4v) is 3.43. The topological polar surface area (TPSA) is 54.0 Å². The lowest BCUT2D eigenvalue weighted by Crippen LogP contribution is -2.01. The maximum atomic E-state index is 13.8. The van der Waals surface area contributed by atoms with E-state index in [1.54, 1.807) is 68.8 Å². The van der Waals surface area contributed by atoms with Gasteiger partial charge in [0.1, 0.15) is 35.4 Å². The van der Waals surface area contributed by atoms with Gasteiger partial charge in [-0.2, -0.15) is 0 Å². The summed E-state index contributed by atoms with van der Waals surface area (Å²) < 4.78 is 36.1. The van der Waals surface area contributed by atoms with E-state index in [4.69, 9.17) is 18.9 Å². The molecule has 0 aromatic heterocycles. The average Bonchev–Trinajstić information content (AvgIpc) is 3.08. The number of Topliss-reactive ketones (excluding diaryl/α,β-unsaturated/α-hetero) is 1. The molecule has 1 aliphatic rings. The number of carbonyl (C=O) groups is 1. The summed E-state index contributed by atoms with van der Waals surface area (Å²) in [6.45, 7) is 1.88. The molecule has 0 spiro atoms. The van der Waals surface area contributed by atoms with Gasteiger partial charge in [-0.3, -0.25) is 4.79 Å². The first-order valence-corrected chi connectivity index (χ1v) is 9.67. The highest BCUT2D eigenvalue weighted by Gasteiger charge is 2.30. The Kier molecular flexibility index (Phi) is 5.62.